The fourth-order valence-electron chi connectivity index (χ4n) is 2.27. The molecule has 0 heterocycles. The normalized spacial score (nSPS) is 15.3. The summed E-state index contributed by atoms with van der Waals surface area (Å²) in [6, 6.07) is 8.23. The Bertz CT molecular complexity index is 398. The minimum Gasteiger partial charge on any atom is -0.494 e. The van der Waals surface area contributed by atoms with E-state index in [4.69, 9.17) is 10.5 Å². The third-order valence-electron chi connectivity index (χ3n) is 4.35. The summed E-state index contributed by atoms with van der Waals surface area (Å²) >= 11 is 0. The van der Waals surface area contributed by atoms with Crippen LogP contribution in [0.4, 0.5) is 0 Å². The largest absolute Gasteiger partial charge is 0.494 e. The molecule has 0 saturated heterocycles. The van der Waals surface area contributed by atoms with Gasteiger partial charge in [-0.3, -0.25) is 0 Å². The highest BCUT2D eigenvalue weighted by Gasteiger charge is 2.24. The number of rotatable bonds is 11. The molecule has 0 spiro atoms. The van der Waals surface area contributed by atoms with E-state index < -0.39 is 11.6 Å². The highest BCUT2D eigenvalue weighted by atomic mass is 16.5. The number of nitrogens with two attached hydrogens (primary N) is 1. The quantitative estimate of drug-likeness (QED) is 0.606. The minimum absolute atomic E-state index is 0.497. The van der Waals surface area contributed by atoms with Gasteiger partial charge in [0, 0.05) is 5.54 Å². The molecule has 1 aromatic rings. The SMILES string of the molecule is CCCCCCCOc1ccc(CC[C@](C)(N)[C@@H](C)O)cc1. The zero-order valence-corrected chi connectivity index (χ0v) is 14.5. The minimum atomic E-state index is -0.534. The topological polar surface area (TPSA) is 55.5 Å². The molecule has 0 unspecified atom stereocenters. The summed E-state index contributed by atoms with van der Waals surface area (Å²) in [5.41, 5.74) is 6.77. The summed E-state index contributed by atoms with van der Waals surface area (Å²) in [7, 11) is 0. The molecule has 2 atom stereocenters. The van der Waals surface area contributed by atoms with Gasteiger partial charge in [0.2, 0.25) is 0 Å². The maximum Gasteiger partial charge on any atom is 0.119 e. The second kappa shape index (κ2) is 9.86. The Morgan fingerprint density at radius 1 is 1.14 bits per heavy atom. The first-order valence-electron chi connectivity index (χ1n) is 8.64. The van der Waals surface area contributed by atoms with Crippen LogP contribution in [0.5, 0.6) is 5.75 Å². The van der Waals surface area contributed by atoms with Crippen molar-refractivity contribution in [2.75, 3.05) is 6.61 Å². The maximum atomic E-state index is 9.63. The van der Waals surface area contributed by atoms with E-state index in [0.29, 0.717) is 0 Å². The first-order valence-corrected chi connectivity index (χ1v) is 8.64. The molecule has 0 fully saturated rings. The number of aryl methyl sites for hydroxylation is 1. The van der Waals surface area contributed by atoms with E-state index in [0.717, 1.165) is 31.6 Å². The van der Waals surface area contributed by atoms with Gasteiger partial charge >= 0.3 is 0 Å². The molecule has 0 bridgehead atoms. The molecule has 1 rings (SSSR count). The third-order valence-corrected chi connectivity index (χ3v) is 4.35. The highest BCUT2D eigenvalue weighted by Crippen LogP contribution is 2.18. The van der Waals surface area contributed by atoms with Crippen LogP contribution in [0.15, 0.2) is 24.3 Å². The second-order valence-electron chi connectivity index (χ2n) is 6.59. The lowest BCUT2D eigenvalue weighted by atomic mass is 9.90. The van der Waals surface area contributed by atoms with E-state index >= 15 is 0 Å². The molecule has 3 heteroatoms. The van der Waals surface area contributed by atoms with Crippen molar-refractivity contribution in [3.8, 4) is 5.75 Å². The number of ether oxygens (including phenoxy) is 1. The predicted molar refractivity (Wildman–Crippen MR) is 93.3 cm³/mol. The Morgan fingerprint density at radius 2 is 1.77 bits per heavy atom. The van der Waals surface area contributed by atoms with Crippen LogP contribution in [0, 0.1) is 0 Å². The molecule has 0 amide bonds. The molecule has 0 aliphatic heterocycles. The van der Waals surface area contributed by atoms with Crippen molar-refractivity contribution < 1.29 is 9.84 Å². The van der Waals surface area contributed by atoms with Crippen molar-refractivity contribution in [3.05, 3.63) is 29.8 Å². The lowest BCUT2D eigenvalue weighted by Crippen LogP contribution is -2.46. The van der Waals surface area contributed by atoms with Crippen molar-refractivity contribution in [2.24, 2.45) is 5.73 Å². The third kappa shape index (κ3) is 7.28. The molecule has 0 aromatic heterocycles. The predicted octanol–water partition coefficient (Wildman–Crippen LogP) is 4.07. The van der Waals surface area contributed by atoms with Crippen LogP contribution >= 0.6 is 0 Å². The van der Waals surface area contributed by atoms with Crippen LogP contribution in [-0.4, -0.2) is 23.4 Å². The average molecular weight is 307 g/mol. The van der Waals surface area contributed by atoms with Gasteiger partial charge in [0.15, 0.2) is 0 Å². The number of unbranched alkanes of at least 4 members (excludes halogenated alkanes) is 4. The number of hydrogen-bond acceptors (Lipinski definition) is 3. The zero-order valence-electron chi connectivity index (χ0n) is 14.5. The lowest BCUT2D eigenvalue weighted by Gasteiger charge is -2.27. The van der Waals surface area contributed by atoms with Crippen molar-refractivity contribution in [1.29, 1.82) is 0 Å². The van der Waals surface area contributed by atoms with Crippen molar-refractivity contribution in [2.45, 2.75) is 77.4 Å². The Balaban J connectivity index is 2.28. The summed E-state index contributed by atoms with van der Waals surface area (Å²) in [5, 5.41) is 9.63. The van der Waals surface area contributed by atoms with Crippen LogP contribution < -0.4 is 10.5 Å². The number of benzene rings is 1. The van der Waals surface area contributed by atoms with E-state index in [9.17, 15) is 5.11 Å². The van der Waals surface area contributed by atoms with Crippen LogP contribution in [0.3, 0.4) is 0 Å². The van der Waals surface area contributed by atoms with E-state index in [1.807, 2.05) is 19.1 Å². The first kappa shape index (κ1) is 19.0. The fraction of sp³-hybridized carbons (Fsp3) is 0.684. The molecule has 0 radical (unpaired) electrons. The molecular formula is C19H33NO2. The van der Waals surface area contributed by atoms with Crippen LogP contribution in [0.25, 0.3) is 0 Å². The van der Waals surface area contributed by atoms with Crippen LogP contribution in [0.1, 0.15) is 64.9 Å². The first-order chi connectivity index (χ1) is 10.5. The summed E-state index contributed by atoms with van der Waals surface area (Å²) in [6.07, 6.45) is 7.42. The average Bonchev–Trinajstić information content (AvgIpc) is 2.50. The molecule has 3 N–H and O–H groups in total. The zero-order chi connectivity index (χ0) is 16.4. The molecule has 126 valence electrons. The molecular weight excluding hydrogens is 274 g/mol. The Hall–Kier alpha value is -1.06. The van der Waals surface area contributed by atoms with E-state index in [-0.39, 0.29) is 0 Å². The van der Waals surface area contributed by atoms with E-state index in [1.165, 1.54) is 31.2 Å². The summed E-state index contributed by atoms with van der Waals surface area (Å²) in [4.78, 5) is 0. The van der Waals surface area contributed by atoms with E-state index in [1.54, 1.807) is 6.92 Å². The molecule has 0 aliphatic carbocycles. The number of aliphatic hydroxyl groups excluding tert-OH is 1. The van der Waals surface area contributed by atoms with Gasteiger partial charge < -0.3 is 15.6 Å². The van der Waals surface area contributed by atoms with Gasteiger partial charge in [-0.2, -0.15) is 0 Å². The molecule has 0 aliphatic rings. The van der Waals surface area contributed by atoms with Gasteiger partial charge in [-0.15, -0.1) is 0 Å². The van der Waals surface area contributed by atoms with Crippen LogP contribution in [0.2, 0.25) is 0 Å². The molecule has 3 nitrogen and oxygen atoms in total. The van der Waals surface area contributed by atoms with Crippen LogP contribution in [-0.2, 0) is 6.42 Å². The smallest absolute Gasteiger partial charge is 0.119 e. The fourth-order valence-corrected chi connectivity index (χ4v) is 2.27. The molecule has 1 aromatic carbocycles. The molecule has 0 saturated carbocycles. The van der Waals surface area contributed by atoms with Gasteiger partial charge in [-0.05, 0) is 50.8 Å². The van der Waals surface area contributed by atoms with Gasteiger partial charge in [-0.25, -0.2) is 0 Å². The van der Waals surface area contributed by atoms with Gasteiger partial charge in [-0.1, -0.05) is 44.7 Å². The second-order valence-corrected chi connectivity index (χ2v) is 6.59. The Morgan fingerprint density at radius 3 is 2.36 bits per heavy atom. The summed E-state index contributed by atoms with van der Waals surface area (Å²) < 4.78 is 5.76. The summed E-state index contributed by atoms with van der Waals surface area (Å²) in [6.45, 7) is 6.67. The van der Waals surface area contributed by atoms with Gasteiger partial charge in [0.1, 0.15) is 5.75 Å². The van der Waals surface area contributed by atoms with Gasteiger partial charge in [0.05, 0.1) is 12.7 Å². The Labute approximate surface area is 135 Å². The lowest BCUT2D eigenvalue weighted by molar-refractivity contribution is 0.106. The monoisotopic (exact) mass is 307 g/mol. The van der Waals surface area contributed by atoms with Crippen molar-refractivity contribution >= 4 is 0 Å². The van der Waals surface area contributed by atoms with Gasteiger partial charge in [0.25, 0.3) is 0 Å². The molecule has 22 heavy (non-hydrogen) atoms. The number of hydrogen-bond donors (Lipinski definition) is 2. The Kier molecular flexibility index (Phi) is 8.51. The standard InChI is InChI=1S/C19H33NO2/c1-4-5-6-7-8-15-22-18-11-9-17(10-12-18)13-14-19(3,20)16(2)21/h9-12,16,21H,4-8,13-15,20H2,1-3H3/t16-,19+/m1/s1. The number of aliphatic hydroxyl groups is 1. The van der Waals surface area contributed by atoms with E-state index in [2.05, 4.69) is 19.1 Å². The maximum absolute atomic E-state index is 9.63. The van der Waals surface area contributed by atoms with Crippen molar-refractivity contribution in [1.82, 2.24) is 0 Å². The van der Waals surface area contributed by atoms with Crippen molar-refractivity contribution in [3.63, 3.8) is 0 Å². The summed E-state index contributed by atoms with van der Waals surface area (Å²) in [5.74, 6) is 0.935. The highest BCUT2D eigenvalue weighted by molar-refractivity contribution is 5.27.